The first-order valence-corrected chi connectivity index (χ1v) is 11.9. The molecule has 0 radical (unpaired) electrons. The first-order valence-electron chi connectivity index (χ1n) is 8.76. The Hall–Kier alpha value is -2.06. The first-order chi connectivity index (χ1) is 13.8. The van der Waals surface area contributed by atoms with Gasteiger partial charge in [0.05, 0.1) is 14.9 Å². The standard InChI is InChI=1S/C20H16Cl2N2O3S2/c21-17-5-4-16(11-18(17)22)29(26,27)23-15-3-1-2-13(10-15)20(25)24-8-6-19-14(12-24)7-9-28-19/h1-5,7,9-11,23H,6,8,12H2. The zero-order chi connectivity index (χ0) is 20.6. The number of thiophene rings is 1. The number of carbonyl (C=O) groups is 1. The lowest BCUT2D eigenvalue weighted by Crippen LogP contribution is -2.35. The molecule has 1 aromatic heterocycles. The van der Waals surface area contributed by atoms with Crippen LogP contribution in [-0.2, 0) is 23.0 Å². The van der Waals surface area contributed by atoms with Crippen molar-refractivity contribution >= 4 is 56.2 Å². The van der Waals surface area contributed by atoms with E-state index in [0.29, 0.717) is 24.3 Å². The van der Waals surface area contributed by atoms with E-state index in [9.17, 15) is 13.2 Å². The van der Waals surface area contributed by atoms with Gasteiger partial charge in [-0.15, -0.1) is 11.3 Å². The SMILES string of the molecule is O=C(c1cccc(NS(=O)(=O)c2ccc(Cl)c(Cl)c2)c1)N1CCc2sccc2C1. The van der Waals surface area contributed by atoms with Crippen molar-refractivity contribution in [3.05, 3.63) is 80.0 Å². The third kappa shape index (κ3) is 4.28. The summed E-state index contributed by atoms with van der Waals surface area (Å²) in [6.45, 7) is 1.21. The average molecular weight is 467 g/mol. The van der Waals surface area contributed by atoms with Crippen LogP contribution in [0.1, 0.15) is 20.8 Å². The van der Waals surface area contributed by atoms with Gasteiger partial charge in [0.1, 0.15) is 0 Å². The van der Waals surface area contributed by atoms with Crippen LogP contribution in [0.5, 0.6) is 0 Å². The summed E-state index contributed by atoms with van der Waals surface area (Å²) in [5.41, 5.74) is 1.90. The molecule has 1 amide bonds. The fourth-order valence-electron chi connectivity index (χ4n) is 3.18. The molecule has 1 N–H and O–H groups in total. The summed E-state index contributed by atoms with van der Waals surface area (Å²) in [5.74, 6) is -0.127. The molecule has 9 heteroatoms. The van der Waals surface area contributed by atoms with E-state index in [-0.39, 0.29) is 20.8 Å². The number of benzene rings is 2. The van der Waals surface area contributed by atoms with Gasteiger partial charge in [-0.25, -0.2) is 8.42 Å². The largest absolute Gasteiger partial charge is 0.334 e. The number of halogens is 2. The second-order valence-corrected chi connectivity index (χ2v) is 10.1. The number of hydrogen-bond acceptors (Lipinski definition) is 4. The molecule has 3 aromatic rings. The van der Waals surface area contributed by atoms with Crippen molar-refractivity contribution in [3.8, 4) is 0 Å². The molecule has 29 heavy (non-hydrogen) atoms. The maximum atomic E-state index is 12.9. The van der Waals surface area contributed by atoms with Crippen LogP contribution in [-0.4, -0.2) is 25.8 Å². The van der Waals surface area contributed by atoms with E-state index in [0.717, 1.165) is 6.42 Å². The summed E-state index contributed by atoms with van der Waals surface area (Å²) in [7, 11) is -3.87. The second-order valence-electron chi connectivity index (χ2n) is 6.61. The van der Waals surface area contributed by atoms with Crippen molar-refractivity contribution < 1.29 is 13.2 Å². The van der Waals surface area contributed by atoms with Gasteiger partial charge >= 0.3 is 0 Å². The molecule has 5 nitrogen and oxygen atoms in total. The maximum absolute atomic E-state index is 12.9. The molecule has 0 atom stereocenters. The predicted octanol–water partition coefficient (Wildman–Crippen LogP) is 5.05. The van der Waals surface area contributed by atoms with Crippen molar-refractivity contribution in [1.29, 1.82) is 0 Å². The van der Waals surface area contributed by atoms with Crippen molar-refractivity contribution in [2.75, 3.05) is 11.3 Å². The maximum Gasteiger partial charge on any atom is 0.261 e. The van der Waals surface area contributed by atoms with Gasteiger partial charge in [-0.3, -0.25) is 9.52 Å². The quantitative estimate of drug-likeness (QED) is 0.584. The van der Waals surface area contributed by atoms with E-state index in [1.807, 2.05) is 11.4 Å². The van der Waals surface area contributed by atoms with Crippen LogP contribution in [0, 0.1) is 0 Å². The predicted molar refractivity (Wildman–Crippen MR) is 116 cm³/mol. The topological polar surface area (TPSA) is 66.5 Å². The third-order valence-electron chi connectivity index (χ3n) is 4.66. The van der Waals surface area contributed by atoms with Crippen LogP contribution in [0.2, 0.25) is 10.0 Å². The number of carbonyl (C=O) groups excluding carboxylic acids is 1. The molecule has 2 heterocycles. The van der Waals surface area contributed by atoms with E-state index in [4.69, 9.17) is 23.2 Å². The minimum absolute atomic E-state index is 0.00959. The Bertz CT molecular complexity index is 1190. The van der Waals surface area contributed by atoms with Gasteiger partial charge in [0.15, 0.2) is 0 Å². The Morgan fingerprint density at radius 3 is 2.69 bits per heavy atom. The number of rotatable bonds is 4. The first kappa shape index (κ1) is 20.2. The molecule has 150 valence electrons. The normalized spacial score (nSPS) is 13.8. The Morgan fingerprint density at radius 2 is 1.90 bits per heavy atom. The molecule has 0 saturated carbocycles. The summed E-state index contributed by atoms with van der Waals surface area (Å²) in [4.78, 5) is 16.0. The fourth-order valence-corrected chi connectivity index (χ4v) is 5.51. The van der Waals surface area contributed by atoms with Crippen molar-refractivity contribution in [3.63, 3.8) is 0 Å². The van der Waals surface area contributed by atoms with Crippen LogP contribution in [0.3, 0.4) is 0 Å². The van der Waals surface area contributed by atoms with E-state index in [1.165, 1.54) is 28.6 Å². The van der Waals surface area contributed by atoms with Gasteiger partial charge < -0.3 is 4.90 Å². The van der Waals surface area contributed by atoms with Crippen LogP contribution >= 0.6 is 34.5 Å². The third-order valence-corrected chi connectivity index (χ3v) is 7.80. The lowest BCUT2D eigenvalue weighted by molar-refractivity contribution is 0.0736. The van der Waals surface area contributed by atoms with Crippen LogP contribution in [0.4, 0.5) is 5.69 Å². The molecule has 0 fully saturated rings. The lowest BCUT2D eigenvalue weighted by atomic mass is 10.1. The minimum atomic E-state index is -3.87. The second kappa shape index (κ2) is 7.99. The lowest BCUT2D eigenvalue weighted by Gasteiger charge is -2.27. The van der Waals surface area contributed by atoms with E-state index < -0.39 is 10.0 Å². The highest BCUT2D eigenvalue weighted by atomic mass is 35.5. The van der Waals surface area contributed by atoms with Crippen LogP contribution in [0.25, 0.3) is 0 Å². The molecule has 4 rings (SSSR count). The van der Waals surface area contributed by atoms with Gasteiger partial charge in [-0.1, -0.05) is 29.3 Å². The fraction of sp³-hybridized carbons (Fsp3) is 0.150. The number of nitrogens with zero attached hydrogens (tertiary/aromatic N) is 1. The summed E-state index contributed by atoms with van der Waals surface area (Å²) >= 11 is 13.5. The molecular weight excluding hydrogens is 451 g/mol. The van der Waals surface area contributed by atoms with E-state index in [1.54, 1.807) is 40.5 Å². The molecule has 1 aliphatic rings. The van der Waals surface area contributed by atoms with E-state index in [2.05, 4.69) is 4.72 Å². The number of fused-ring (bicyclic) bond motifs is 1. The van der Waals surface area contributed by atoms with Gasteiger partial charge in [0, 0.05) is 29.2 Å². The number of sulfonamides is 1. The summed E-state index contributed by atoms with van der Waals surface area (Å²) in [5, 5.41) is 2.46. The highest BCUT2D eigenvalue weighted by Gasteiger charge is 2.23. The summed E-state index contributed by atoms with van der Waals surface area (Å²) in [6, 6.07) is 12.6. The Labute approximate surface area is 182 Å². The molecule has 0 saturated heterocycles. The highest BCUT2D eigenvalue weighted by molar-refractivity contribution is 7.92. The molecule has 0 bridgehead atoms. The van der Waals surface area contributed by atoms with Gasteiger partial charge in [0.25, 0.3) is 15.9 Å². The molecular formula is C20H16Cl2N2O3S2. The van der Waals surface area contributed by atoms with Gasteiger partial charge in [-0.2, -0.15) is 0 Å². The summed E-state index contributed by atoms with van der Waals surface area (Å²) in [6.07, 6.45) is 0.836. The zero-order valence-corrected chi connectivity index (χ0v) is 18.2. The van der Waals surface area contributed by atoms with Crippen molar-refractivity contribution in [2.24, 2.45) is 0 Å². The van der Waals surface area contributed by atoms with Crippen molar-refractivity contribution in [1.82, 2.24) is 4.90 Å². The van der Waals surface area contributed by atoms with Gasteiger partial charge in [-0.05, 0) is 59.8 Å². The number of amides is 1. The molecule has 0 unspecified atom stereocenters. The Balaban J connectivity index is 1.54. The molecule has 0 spiro atoms. The monoisotopic (exact) mass is 466 g/mol. The zero-order valence-electron chi connectivity index (χ0n) is 15.1. The average Bonchev–Trinajstić information content (AvgIpc) is 3.17. The van der Waals surface area contributed by atoms with Crippen molar-refractivity contribution in [2.45, 2.75) is 17.9 Å². The smallest absolute Gasteiger partial charge is 0.261 e. The summed E-state index contributed by atoms with van der Waals surface area (Å²) < 4.78 is 27.8. The Kier molecular flexibility index (Phi) is 5.57. The van der Waals surface area contributed by atoms with Gasteiger partial charge in [0.2, 0.25) is 0 Å². The van der Waals surface area contributed by atoms with Crippen LogP contribution in [0.15, 0.2) is 58.8 Å². The number of anilines is 1. The number of nitrogens with one attached hydrogen (secondary N) is 1. The molecule has 0 aliphatic carbocycles. The van der Waals surface area contributed by atoms with Crippen LogP contribution < -0.4 is 4.72 Å². The number of hydrogen-bond donors (Lipinski definition) is 1. The molecule has 2 aromatic carbocycles. The van der Waals surface area contributed by atoms with E-state index >= 15 is 0 Å². The minimum Gasteiger partial charge on any atom is -0.334 e. The highest BCUT2D eigenvalue weighted by Crippen LogP contribution is 2.27. The Morgan fingerprint density at radius 1 is 1.07 bits per heavy atom. The molecule has 1 aliphatic heterocycles.